The molecule has 2 atom stereocenters. The number of methoxy groups -OCH3 is 2. The third-order valence-electron chi connectivity index (χ3n) is 5.86. The highest BCUT2D eigenvalue weighted by Crippen LogP contribution is 2.48. The van der Waals surface area contributed by atoms with Crippen LogP contribution in [0.15, 0.2) is 36.4 Å². The number of hydrogen-bond donors (Lipinski definition) is 1. The second-order valence-electron chi connectivity index (χ2n) is 7.83. The summed E-state index contributed by atoms with van der Waals surface area (Å²) in [5.41, 5.74) is 2.64. The van der Waals surface area contributed by atoms with E-state index < -0.39 is 12.2 Å². The van der Waals surface area contributed by atoms with Crippen molar-refractivity contribution in [2.24, 2.45) is 0 Å². The van der Waals surface area contributed by atoms with E-state index in [2.05, 4.69) is 14.8 Å². The van der Waals surface area contributed by atoms with Gasteiger partial charge >= 0.3 is 0 Å². The van der Waals surface area contributed by atoms with Crippen molar-refractivity contribution in [1.29, 1.82) is 0 Å². The first kappa shape index (κ1) is 20.3. The third-order valence-corrected chi connectivity index (χ3v) is 6.10. The molecule has 1 aromatic heterocycles. The van der Waals surface area contributed by atoms with Crippen molar-refractivity contribution in [2.45, 2.75) is 37.4 Å². The van der Waals surface area contributed by atoms with Crippen LogP contribution in [0, 0.1) is 0 Å². The zero-order valence-electron chi connectivity index (χ0n) is 17.4. The molecule has 8 heteroatoms. The Morgan fingerprint density at radius 1 is 1.10 bits per heavy atom. The number of ether oxygens (including phenoxy) is 3. The van der Waals surface area contributed by atoms with E-state index in [1.165, 1.54) is 0 Å². The van der Waals surface area contributed by atoms with Crippen molar-refractivity contribution in [3.63, 3.8) is 0 Å². The molecule has 1 aliphatic heterocycles. The summed E-state index contributed by atoms with van der Waals surface area (Å²) in [6, 6.07) is 11.5. The van der Waals surface area contributed by atoms with E-state index in [0.29, 0.717) is 34.7 Å². The predicted molar refractivity (Wildman–Crippen MR) is 115 cm³/mol. The van der Waals surface area contributed by atoms with Crippen LogP contribution in [0.4, 0.5) is 0 Å². The molecule has 162 valence electrons. The molecule has 5 rings (SSSR count). The molecule has 2 aromatic carbocycles. The van der Waals surface area contributed by atoms with Crippen LogP contribution in [-0.2, 0) is 4.74 Å². The molecule has 3 aromatic rings. The molecule has 1 fully saturated rings. The van der Waals surface area contributed by atoms with Crippen LogP contribution in [0.2, 0.25) is 5.02 Å². The fourth-order valence-corrected chi connectivity index (χ4v) is 4.46. The summed E-state index contributed by atoms with van der Waals surface area (Å²) < 4.78 is 19.9. The van der Waals surface area contributed by atoms with Gasteiger partial charge in [0.25, 0.3) is 0 Å². The van der Waals surface area contributed by atoms with E-state index in [4.69, 9.17) is 25.8 Å². The lowest BCUT2D eigenvalue weighted by atomic mass is 9.98. The molecule has 1 aliphatic carbocycles. The van der Waals surface area contributed by atoms with Gasteiger partial charge in [-0.25, -0.2) is 0 Å². The average molecular weight is 442 g/mol. The molecule has 0 amide bonds. The van der Waals surface area contributed by atoms with Gasteiger partial charge in [-0.15, -0.1) is 10.2 Å². The van der Waals surface area contributed by atoms with Crippen molar-refractivity contribution in [3.05, 3.63) is 64.2 Å². The lowest BCUT2D eigenvalue weighted by Crippen LogP contribution is -2.14. The number of rotatable bonds is 6. The summed E-state index contributed by atoms with van der Waals surface area (Å²) in [5.74, 6) is 3.24. The summed E-state index contributed by atoms with van der Waals surface area (Å²) in [7, 11) is 3.22. The highest BCUT2D eigenvalue weighted by atomic mass is 35.5. The van der Waals surface area contributed by atoms with Crippen LogP contribution in [0.5, 0.6) is 11.5 Å². The first-order valence-corrected chi connectivity index (χ1v) is 10.8. The van der Waals surface area contributed by atoms with Gasteiger partial charge in [0, 0.05) is 35.1 Å². The smallest absolute Gasteiger partial charge is 0.167 e. The Bertz CT molecular complexity index is 1110. The van der Waals surface area contributed by atoms with Crippen LogP contribution in [0.25, 0.3) is 5.69 Å². The summed E-state index contributed by atoms with van der Waals surface area (Å²) in [5, 5.41) is 19.4. The van der Waals surface area contributed by atoms with Crippen molar-refractivity contribution in [2.75, 3.05) is 20.8 Å². The molecule has 7 nitrogen and oxygen atoms in total. The normalized spacial score (nSPS) is 20.0. The maximum absolute atomic E-state index is 9.76. The molecule has 2 aliphatic rings. The number of fused-ring (bicyclic) bond motifs is 3. The molecule has 0 spiro atoms. The first-order chi connectivity index (χ1) is 15.2. The second kappa shape index (κ2) is 8.15. The molecule has 0 radical (unpaired) electrons. The van der Waals surface area contributed by atoms with Gasteiger partial charge in [-0.2, -0.15) is 0 Å². The number of para-hydroxylation sites is 1. The molecule has 31 heavy (non-hydrogen) atoms. The quantitative estimate of drug-likeness (QED) is 0.612. The molecule has 0 bridgehead atoms. The van der Waals surface area contributed by atoms with Gasteiger partial charge in [-0.05, 0) is 37.1 Å². The Morgan fingerprint density at radius 3 is 2.61 bits per heavy atom. The number of benzene rings is 2. The molecule has 2 heterocycles. The second-order valence-corrected chi connectivity index (χ2v) is 8.27. The fraction of sp³-hybridized carbons (Fsp3) is 0.391. The summed E-state index contributed by atoms with van der Waals surface area (Å²) in [6.07, 6.45) is 1.65. The van der Waals surface area contributed by atoms with Gasteiger partial charge in [0.1, 0.15) is 18.0 Å². The Hall–Kier alpha value is -2.61. The van der Waals surface area contributed by atoms with Crippen LogP contribution in [-0.4, -0.2) is 40.7 Å². The van der Waals surface area contributed by atoms with Crippen LogP contribution >= 0.6 is 11.6 Å². The van der Waals surface area contributed by atoms with Crippen molar-refractivity contribution < 1.29 is 19.3 Å². The fourth-order valence-electron chi connectivity index (χ4n) is 4.28. The van der Waals surface area contributed by atoms with Gasteiger partial charge in [-0.3, -0.25) is 4.57 Å². The predicted octanol–water partition coefficient (Wildman–Crippen LogP) is 4.36. The molecule has 1 saturated carbocycles. The maximum atomic E-state index is 9.76. The van der Waals surface area contributed by atoms with Crippen molar-refractivity contribution in [1.82, 2.24) is 14.8 Å². The van der Waals surface area contributed by atoms with Crippen LogP contribution < -0.4 is 9.47 Å². The van der Waals surface area contributed by atoms with E-state index in [9.17, 15) is 5.11 Å². The lowest BCUT2D eigenvalue weighted by Gasteiger charge is -2.24. The van der Waals surface area contributed by atoms with Crippen LogP contribution in [0.3, 0.4) is 0 Å². The first-order valence-electron chi connectivity index (χ1n) is 10.4. The van der Waals surface area contributed by atoms with Crippen molar-refractivity contribution in [3.8, 4) is 17.2 Å². The topological polar surface area (TPSA) is 78.6 Å². The molecule has 0 saturated heterocycles. The summed E-state index contributed by atoms with van der Waals surface area (Å²) in [4.78, 5) is 0. The molecule has 0 unspecified atom stereocenters. The van der Waals surface area contributed by atoms with Gasteiger partial charge in [0.05, 0.1) is 19.9 Å². The number of aromatic nitrogens is 3. The van der Waals surface area contributed by atoms with E-state index in [-0.39, 0.29) is 6.61 Å². The van der Waals surface area contributed by atoms with Gasteiger partial charge < -0.3 is 19.3 Å². The van der Waals surface area contributed by atoms with E-state index >= 15 is 0 Å². The number of nitrogens with zero attached hydrogens (tertiary/aromatic N) is 3. The van der Waals surface area contributed by atoms with Gasteiger partial charge in [0.2, 0.25) is 0 Å². The SMILES string of the molecule is COc1cccc([C@H]2O[C@H](CCO)c3nnc(C4CC4)n3-c3ccc(Cl)cc32)c1OC. The standard InChI is InChI=1S/C23H24ClN3O4/c1-29-18-5-3-4-15(21(18)30-2)20-16-12-14(24)8-9-17(16)27-22(13-6-7-13)25-26-23(27)19(31-20)10-11-28/h3-5,8-9,12-13,19-20,28H,6-7,10-11H2,1-2H3/t19-,20-/m1/s1. The Balaban J connectivity index is 1.76. The van der Waals surface area contributed by atoms with Gasteiger partial charge in [-0.1, -0.05) is 23.7 Å². The van der Waals surface area contributed by atoms with E-state index in [1.807, 2.05) is 36.4 Å². The minimum absolute atomic E-state index is 0.0324. The monoisotopic (exact) mass is 441 g/mol. The highest BCUT2D eigenvalue weighted by Gasteiger charge is 2.38. The largest absolute Gasteiger partial charge is 0.493 e. The van der Waals surface area contributed by atoms with E-state index in [0.717, 1.165) is 35.5 Å². The summed E-state index contributed by atoms with van der Waals surface area (Å²) in [6.45, 7) is -0.0324. The molecular formula is C23H24ClN3O4. The lowest BCUT2D eigenvalue weighted by molar-refractivity contribution is -0.00985. The van der Waals surface area contributed by atoms with Crippen molar-refractivity contribution >= 4 is 11.6 Å². The third kappa shape index (κ3) is 3.46. The Kier molecular flexibility index (Phi) is 5.33. The van der Waals surface area contributed by atoms with Crippen LogP contribution in [0.1, 0.15) is 60.2 Å². The maximum Gasteiger partial charge on any atom is 0.167 e. The zero-order valence-corrected chi connectivity index (χ0v) is 18.2. The Morgan fingerprint density at radius 2 is 1.90 bits per heavy atom. The highest BCUT2D eigenvalue weighted by molar-refractivity contribution is 6.30. The number of aliphatic hydroxyl groups excluding tert-OH is 1. The van der Waals surface area contributed by atoms with E-state index in [1.54, 1.807) is 14.2 Å². The number of hydrogen-bond acceptors (Lipinski definition) is 6. The number of halogens is 1. The summed E-state index contributed by atoms with van der Waals surface area (Å²) >= 11 is 6.44. The zero-order chi connectivity index (χ0) is 21.5. The average Bonchev–Trinajstić information content (AvgIpc) is 3.56. The minimum atomic E-state index is -0.496. The van der Waals surface area contributed by atoms with Gasteiger partial charge in [0.15, 0.2) is 17.3 Å². The molecular weight excluding hydrogens is 418 g/mol. The number of aliphatic hydroxyl groups is 1. The Labute approximate surface area is 185 Å². The molecule has 1 N–H and O–H groups in total. The minimum Gasteiger partial charge on any atom is -0.493 e.